The second-order valence-electron chi connectivity index (χ2n) is 6.72. The predicted octanol–water partition coefficient (Wildman–Crippen LogP) is 2.27. The number of rotatable bonds is 4. The lowest BCUT2D eigenvalue weighted by Crippen LogP contribution is -2.46. The van der Waals surface area contributed by atoms with Gasteiger partial charge in [0.2, 0.25) is 0 Å². The summed E-state index contributed by atoms with van der Waals surface area (Å²) in [6.07, 6.45) is 8.24. The van der Waals surface area contributed by atoms with Crippen LogP contribution in [0.1, 0.15) is 45.4 Å². The fourth-order valence-corrected chi connectivity index (χ4v) is 3.27. The van der Waals surface area contributed by atoms with Gasteiger partial charge in [0.1, 0.15) is 0 Å². The number of likely N-dealkylation sites (tertiary alicyclic amines) is 1. The molecule has 1 saturated heterocycles. The summed E-state index contributed by atoms with van der Waals surface area (Å²) in [4.78, 5) is 2.45. The molecule has 18 heavy (non-hydrogen) atoms. The van der Waals surface area contributed by atoms with Gasteiger partial charge < -0.3 is 15.0 Å². The zero-order valence-electron chi connectivity index (χ0n) is 12.4. The Kier molecular flexibility index (Phi) is 5.05. The third kappa shape index (κ3) is 3.94. The van der Waals surface area contributed by atoms with Crippen LogP contribution in [0.2, 0.25) is 0 Å². The standard InChI is InChI=1S/C15H30N2O/c1-15(7-9-17(2)10-8-15)12-16-13-5-4-6-14(11-13)18-3/h13-14,16H,4-12H2,1-3H3. The molecule has 0 aromatic heterocycles. The molecule has 0 aromatic rings. The third-order valence-corrected chi connectivity index (χ3v) is 4.97. The Labute approximate surface area is 112 Å². The maximum absolute atomic E-state index is 5.51. The maximum Gasteiger partial charge on any atom is 0.0586 e. The average molecular weight is 254 g/mol. The summed E-state index contributed by atoms with van der Waals surface area (Å²) in [5.41, 5.74) is 0.506. The van der Waals surface area contributed by atoms with E-state index in [1.807, 2.05) is 7.11 Å². The molecule has 2 aliphatic rings. The summed E-state index contributed by atoms with van der Waals surface area (Å²) >= 11 is 0. The molecule has 2 fully saturated rings. The van der Waals surface area contributed by atoms with Crippen LogP contribution in [0, 0.1) is 5.41 Å². The molecule has 2 unspecified atom stereocenters. The minimum Gasteiger partial charge on any atom is -0.381 e. The Hall–Kier alpha value is -0.120. The van der Waals surface area contributed by atoms with E-state index in [0.717, 1.165) is 0 Å². The third-order valence-electron chi connectivity index (χ3n) is 4.97. The molecule has 106 valence electrons. The number of nitrogens with one attached hydrogen (secondary N) is 1. The fraction of sp³-hybridized carbons (Fsp3) is 1.00. The van der Waals surface area contributed by atoms with Crippen LogP contribution >= 0.6 is 0 Å². The number of methoxy groups -OCH3 is 1. The van der Waals surface area contributed by atoms with Gasteiger partial charge in [-0.2, -0.15) is 0 Å². The molecule has 2 atom stereocenters. The smallest absolute Gasteiger partial charge is 0.0586 e. The molecule has 0 aromatic carbocycles. The van der Waals surface area contributed by atoms with Crippen LogP contribution in [0.5, 0.6) is 0 Å². The maximum atomic E-state index is 5.51. The predicted molar refractivity (Wildman–Crippen MR) is 75.9 cm³/mol. The van der Waals surface area contributed by atoms with Gasteiger partial charge in [0.15, 0.2) is 0 Å². The summed E-state index contributed by atoms with van der Waals surface area (Å²) in [5.74, 6) is 0. The first-order valence-electron chi connectivity index (χ1n) is 7.56. The van der Waals surface area contributed by atoms with Crippen molar-refractivity contribution in [2.24, 2.45) is 5.41 Å². The molecule has 1 saturated carbocycles. The zero-order valence-corrected chi connectivity index (χ0v) is 12.4. The van der Waals surface area contributed by atoms with Crippen molar-refractivity contribution in [1.82, 2.24) is 10.2 Å². The van der Waals surface area contributed by atoms with Gasteiger partial charge in [0.05, 0.1) is 6.10 Å². The Morgan fingerprint density at radius 3 is 2.67 bits per heavy atom. The lowest BCUT2D eigenvalue weighted by molar-refractivity contribution is 0.0541. The van der Waals surface area contributed by atoms with Crippen LogP contribution in [-0.2, 0) is 4.74 Å². The van der Waals surface area contributed by atoms with Crippen molar-refractivity contribution in [1.29, 1.82) is 0 Å². The Balaban J connectivity index is 1.73. The van der Waals surface area contributed by atoms with Gasteiger partial charge in [-0.1, -0.05) is 6.92 Å². The quantitative estimate of drug-likeness (QED) is 0.833. The minimum atomic E-state index is 0.488. The number of hydrogen-bond donors (Lipinski definition) is 1. The van der Waals surface area contributed by atoms with Crippen molar-refractivity contribution in [3.8, 4) is 0 Å². The van der Waals surface area contributed by atoms with Crippen molar-refractivity contribution in [3.05, 3.63) is 0 Å². The van der Waals surface area contributed by atoms with E-state index in [-0.39, 0.29) is 0 Å². The van der Waals surface area contributed by atoms with Crippen molar-refractivity contribution in [2.45, 2.75) is 57.6 Å². The second-order valence-corrected chi connectivity index (χ2v) is 6.72. The van der Waals surface area contributed by atoms with Crippen molar-refractivity contribution in [3.63, 3.8) is 0 Å². The van der Waals surface area contributed by atoms with E-state index in [9.17, 15) is 0 Å². The molecule has 0 amide bonds. The molecular formula is C15H30N2O. The van der Waals surface area contributed by atoms with Crippen LogP contribution < -0.4 is 5.32 Å². The first kappa shape index (κ1) is 14.3. The lowest BCUT2D eigenvalue weighted by Gasteiger charge is -2.40. The average Bonchev–Trinajstić information content (AvgIpc) is 2.41. The van der Waals surface area contributed by atoms with Gasteiger partial charge in [-0.05, 0) is 64.1 Å². The number of hydrogen-bond acceptors (Lipinski definition) is 3. The summed E-state index contributed by atoms with van der Waals surface area (Å²) < 4.78 is 5.51. The van der Waals surface area contributed by atoms with Crippen molar-refractivity contribution in [2.75, 3.05) is 33.8 Å². The van der Waals surface area contributed by atoms with Crippen LogP contribution in [0.4, 0.5) is 0 Å². The molecule has 0 bridgehead atoms. The van der Waals surface area contributed by atoms with Crippen LogP contribution in [0.3, 0.4) is 0 Å². The molecule has 1 heterocycles. The van der Waals surface area contributed by atoms with Crippen molar-refractivity contribution >= 4 is 0 Å². The monoisotopic (exact) mass is 254 g/mol. The Morgan fingerprint density at radius 2 is 2.00 bits per heavy atom. The molecule has 0 spiro atoms. The molecule has 1 aliphatic heterocycles. The number of ether oxygens (including phenoxy) is 1. The minimum absolute atomic E-state index is 0.488. The van der Waals surface area contributed by atoms with E-state index in [2.05, 4.69) is 24.2 Å². The normalized spacial score (nSPS) is 33.5. The Morgan fingerprint density at radius 1 is 1.28 bits per heavy atom. The second kappa shape index (κ2) is 6.36. The van der Waals surface area contributed by atoms with Gasteiger partial charge in [0, 0.05) is 19.7 Å². The van der Waals surface area contributed by atoms with Gasteiger partial charge >= 0.3 is 0 Å². The number of piperidine rings is 1. The molecular weight excluding hydrogens is 224 g/mol. The zero-order chi connectivity index (χ0) is 13.0. The Bertz CT molecular complexity index is 249. The lowest BCUT2D eigenvalue weighted by atomic mass is 9.80. The fourth-order valence-electron chi connectivity index (χ4n) is 3.27. The van der Waals surface area contributed by atoms with E-state index in [1.54, 1.807) is 0 Å². The highest BCUT2D eigenvalue weighted by molar-refractivity contribution is 4.86. The van der Waals surface area contributed by atoms with Gasteiger partial charge in [-0.25, -0.2) is 0 Å². The van der Waals surface area contributed by atoms with E-state index < -0.39 is 0 Å². The number of nitrogens with zero attached hydrogens (tertiary/aromatic N) is 1. The highest BCUT2D eigenvalue weighted by atomic mass is 16.5. The van der Waals surface area contributed by atoms with E-state index in [4.69, 9.17) is 4.74 Å². The molecule has 1 N–H and O–H groups in total. The van der Waals surface area contributed by atoms with Crippen LogP contribution in [0.25, 0.3) is 0 Å². The van der Waals surface area contributed by atoms with Gasteiger partial charge in [0.25, 0.3) is 0 Å². The van der Waals surface area contributed by atoms with Crippen molar-refractivity contribution < 1.29 is 4.74 Å². The highest BCUT2D eigenvalue weighted by Crippen LogP contribution is 2.30. The topological polar surface area (TPSA) is 24.5 Å². The molecule has 3 nitrogen and oxygen atoms in total. The van der Waals surface area contributed by atoms with Gasteiger partial charge in [-0.15, -0.1) is 0 Å². The summed E-state index contributed by atoms with van der Waals surface area (Å²) in [6, 6.07) is 0.681. The summed E-state index contributed by atoms with van der Waals surface area (Å²) in [7, 11) is 4.09. The molecule has 2 rings (SSSR count). The largest absolute Gasteiger partial charge is 0.381 e. The highest BCUT2D eigenvalue weighted by Gasteiger charge is 2.30. The first-order valence-corrected chi connectivity index (χ1v) is 7.56. The molecule has 1 aliphatic carbocycles. The van der Waals surface area contributed by atoms with E-state index in [0.29, 0.717) is 17.6 Å². The van der Waals surface area contributed by atoms with E-state index >= 15 is 0 Å². The van der Waals surface area contributed by atoms with Crippen LogP contribution in [-0.4, -0.2) is 50.8 Å². The van der Waals surface area contributed by atoms with E-state index in [1.165, 1.54) is 58.2 Å². The van der Waals surface area contributed by atoms with Crippen LogP contribution in [0.15, 0.2) is 0 Å². The molecule has 0 radical (unpaired) electrons. The summed E-state index contributed by atoms with van der Waals surface area (Å²) in [6.45, 7) is 6.14. The summed E-state index contributed by atoms with van der Waals surface area (Å²) in [5, 5.41) is 3.81. The SMILES string of the molecule is COC1CCCC(NCC2(C)CCN(C)CC2)C1. The van der Waals surface area contributed by atoms with Gasteiger partial charge in [-0.3, -0.25) is 0 Å². The molecule has 3 heteroatoms. The first-order chi connectivity index (χ1) is 8.61.